The van der Waals surface area contributed by atoms with E-state index in [0.717, 1.165) is 27.8 Å². The third-order valence-electron chi connectivity index (χ3n) is 7.58. The van der Waals surface area contributed by atoms with E-state index in [-0.39, 0.29) is 37.5 Å². The van der Waals surface area contributed by atoms with Gasteiger partial charge in [0, 0.05) is 18.4 Å². The molecule has 2 N–H and O–H groups in total. The van der Waals surface area contributed by atoms with Gasteiger partial charge in [-0.25, -0.2) is 9.59 Å². The van der Waals surface area contributed by atoms with Crippen molar-refractivity contribution in [1.82, 2.24) is 5.32 Å². The summed E-state index contributed by atoms with van der Waals surface area (Å²) in [5, 5.41) is 5.67. The fraction of sp³-hybridized carbons (Fsp3) is 0.375. The van der Waals surface area contributed by atoms with Crippen LogP contribution in [0.3, 0.4) is 0 Å². The first-order chi connectivity index (χ1) is 23.5. The lowest BCUT2D eigenvalue weighted by Gasteiger charge is -2.22. The van der Waals surface area contributed by atoms with Gasteiger partial charge in [-0.15, -0.1) is 0 Å². The molecule has 3 aromatic rings. The van der Waals surface area contributed by atoms with Crippen molar-refractivity contribution >= 4 is 41.4 Å². The lowest BCUT2D eigenvalue weighted by atomic mass is 9.96. The second-order valence-corrected chi connectivity index (χ2v) is 14.4. The second kappa shape index (κ2) is 16.0. The molecule has 4 rings (SSSR count). The van der Waals surface area contributed by atoms with Crippen LogP contribution in [0.4, 0.5) is 10.5 Å². The van der Waals surface area contributed by atoms with E-state index in [1.165, 1.54) is 0 Å². The van der Waals surface area contributed by atoms with Gasteiger partial charge in [0.1, 0.15) is 17.8 Å². The topological polar surface area (TPSA) is 132 Å². The van der Waals surface area contributed by atoms with Crippen LogP contribution in [0, 0.1) is 13.8 Å². The highest BCUT2D eigenvalue weighted by Gasteiger charge is 2.25. The van der Waals surface area contributed by atoms with Crippen LogP contribution in [0.1, 0.15) is 92.1 Å². The summed E-state index contributed by atoms with van der Waals surface area (Å²) in [4.78, 5) is 55.5. The van der Waals surface area contributed by atoms with E-state index in [4.69, 9.17) is 14.2 Å². The maximum absolute atomic E-state index is 13.7. The third-order valence-corrected chi connectivity index (χ3v) is 7.58. The van der Waals surface area contributed by atoms with Gasteiger partial charge in [0.2, 0.25) is 5.91 Å². The number of alkyl carbamates (subject to hydrolysis) is 1. The van der Waals surface area contributed by atoms with Gasteiger partial charge in [-0.3, -0.25) is 14.6 Å². The average Bonchev–Trinajstić information content (AvgIpc) is 3.47. The van der Waals surface area contributed by atoms with Crippen LogP contribution in [-0.4, -0.2) is 53.9 Å². The molecule has 2 amide bonds. The summed E-state index contributed by atoms with van der Waals surface area (Å²) < 4.78 is 16.3. The SMILES string of the molecule is Cc1ccc(C(=O)OCc2ccc(C(CNC(=O)OC(C)(C)C)C(=O)Nc3ccc(C4=C[C@@H](CC(=O)OC(C)(C)C)N=C4)cc3)cc2)c(C)c1. The number of carbonyl (C=O) groups excluding carboxylic acids is 4. The quantitative estimate of drug-likeness (QED) is 0.158. The average molecular weight is 682 g/mol. The molecular weight excluding hydrogens is 634 g/mol. The molecule has 1 aliphatic heterocycles. The molecule has 0 fully saturated rings. The Bertz CT molecular complexity index is 1760. The zero-order valence-electron chi connectivity index (χ0n) is 30.1. The van der Waals surface area contributed by atoms with Crippen molar-refractivity contribution in [3.8, 4) is 0 Å². The number of nitrogens with zero attached hydrogens (tertiary/aromatic N) is 1. The Hall–Kier alpha value is -5.25. The number of rotatable bonds is 11. The molecule has 3 aromatic carbocycles. The number of nitrogens with one attached hydrogen (secondary N) is 2. The van der Waals surface area contributed by atoms with Crippen molar-refractivity contribution in [3.05, 3.63) is 106 Å². The highest BCUT2D eigenvalue weighted by atomic mass is 16.6. The molecule has 0 aromatic heterocycles. The van der Waals surface area contributed by atoms with Crippen LogP contribution in [0.5, 0.6) is 0 Å². The van der Waals surface area contributed by atoms with Gasteiger partial charge in [-0.2, -0.15) is 0 Å². The van der Waals surface area contributed by atoms with Crippen molar-refractivity contribution < 1.29 is 33.4 Å². The van der Waals surface area contributed by atoms with Crippen molar-refractivity contribution in [1.29, 1.82) is 0 Å². The number of esters is 2. The Morgan fingerprint density at radius 2 is 1.50 bits per heavy atom. The Morgan fingerprint density at radius 3 is 2.12 bits per heavy atom. The van der Waals surface area contributed by atoms with E-state index in [0.29, 0.717) is 16.8 Å². The minimum absolute atomic E-state index is 0.0117. The Kier molecular flexibility index (Phi) is 12.0. The molecule has 1 heterocycles. The molecule has 1 aliphatic rings. The monoisotopic (exact) mass is 681 g/mol. The number of ether oxygens (including phenoxy) is 3. The van der Waals surface area contributed by atoms with Crippen LogP contribution >= 0.6 is 0 Å². The van der Waals surface area contributed by atoms with E-state index >= 15 is 0 Å². The summed E-state index contributed by atoms with van der Waals surface area (Å²) >= 11 is 0. The summed E-state index contributed by atoms with van der Waals surface area (Å²) in [7, 11) is 0. The molecule has 264 valence electrons. The first kappa shape index (κ1) is 37.6. The lowest BCUT2D eigenvalue weighted by Crippen LogP contribution is -2.37. The van der Waals surface area contributed by atoms with E-state index < -0.39 is 29.2 Å². The third kappa shape index (κ3) is 11.4. The lowest BCUT2D eigenvalue weighted by molar-refractivity contribution is -0.154. The molecule has 0 saturated carbocycles. The summed E-state index contributed by atoms with van der Waals surface area (Å²) in [6.07, 6.45) is 3.17. The Labute approximate surface area is 294 Å². The standard InChI is InChI=1S/C40H47N3O7/c1-25-9-18-33(26(2)19-25)37(46)48-24-27-10-12-29(13-11-27)34(23-42-38(47)50-40(6,7)8)36(45)43-31-16-14-28(15-17-31)30-20-32(41-22-30)21-35(44)49-39(3,4)5/h9-20,22,32,34H,21,23-24H2,1-8H3,(H,42,47)(H,43,45)/t32-,34?/m0/s1. The number of hydrogen-bond donors (Lipinski definition) is 2. The van der Waals surface area contributed by atoms with Crippen LogP contribution in [0.25, 0.3) is 5.57 Å². The van der Waals surface area contributed by atoms with Crippen molar-refractivity contribution in [3.63, 3.8) is 0 Å². The zero-order chi connectivity index (χ0) is 36.6. The minimum atomic E-state index is -0.757. The van der Waals surface area contributed by atoms with Gasteiger partial charge >= 0.3 is 18.0 Å². The summed E-state index contributed by atoms with van der Waals surface area (Å²) in [5.74, 6) is -1.81. The first-order valence-corrected chi connectivity index (χ1v) is 16.6. The van der Waals surface area contributed by atoms with Gasteiger partial charge in [0.25, 0.3) is 0 Å². The van der Waals surface area contributed by atoms with E-state index in [1.807, 2.05) is 65.0 Å². The van der Waals surface area contributed by atoms with Crippen molar-refractivity contribution in [2.75, 3.05) is 11.9 Å². The molecule has 0 bridgehead atoms. The first-order valence-electron chi connectivity index (χ1n) is 16.6. The molecule has 2 atom stereocenters. The smallest absolute Gasteiger partial charge is 0.407 e. The normalized spacial score (nSPS) is 14.7. The Balaban J connectivity index is 1.42. The number of carbonyl (C=O) groups is 4. The fourth-order valence-corrected chi connectivity index (χ4v) is 5.26. The number of amides is 2. The molecule has 0 radical (unpaired) electrons. The molecule has 50 heavy (non-hydrogen) atoms. The van der Waals surface area contributed by atoms with Crippen molar-refractivity contribution in [2.24, 2.45) is 4.99 Å². The van der Waals surface area contributed by atoms with Crippen LogP contribution in [0.15, 0.2) is 77.8 Å². The predicted octanol–water partition coefficient (Wildman–Crippen LogP) is 7.48. The van der Waals surface area contributed by atoms with Gasteiger partial charge in [-0.05, 0) is 101 Å². The largest absolute Gasteiger partial charge is 0.460 e. The summed E-state index contributed by atoms with van der Waals surface area (Å²) in [6, 6.07) is 19.7. The Morgan fingerprint density at radius 1 is 0.840 bits per heavy atom. The summed E-state index contributed by atoms with van der Waals surface area (Å²) in [5.41, 5.74) is 4.90. The van der Waals surface area contributed by atoms with Gasteiger partial charge < -0.3 is 24.8 Å². The molecular formula is C40H47N3O7. The maximum atomic E-state index is 13.7. The van der Waals surface area contributed by atoms with E-state index in [2.05, 4.69) is 15.6 Å². The van der Waals surface area contributed by atoms with Gasteiger partial charge in [0.15, 0.2) is 0 Å². The molecule has 1 unspecified atom stereocenters. The number of aryl methyl sites for hydroxylation is 2. The van der Waals surface area contributed by atoms with Gasteiger partial charge in [0.05, 0.1) is 23.9 Å². The molecule has 0 aliphatic carbocycles. The van der Waals surface area contributed by atoms with E-state index in [1.54, 1.807) is 69.5 Å². The molecule has 10 heteroatoms. The number of aliphatic imine (C=N–C) groups is 1. The molecule has 0 saturated heterocycles. The zero-order valence-corrected chi connectivity index (χ0v) is 30.1. The summed E-state index contributed by atoms with van der Waals surface area (Å²) in [6.45, 7) is 14.7. The second-order valence-electron chi connectivity index (χ2n) is 14.4. The number of anilines is 1. The van der Waals surface area contributed by atoms with Crippen LogP contribution in [-0.2, 0) is 30.4 Å². The van der Waals surface area contributed by atoms with Gasteiger partial charge in [-0.1, -0.05) is 60.2 Å². The van der Waals surface area contributed by atoms with Crippen molar-refractivity contribution in [2.45, 2.75) is 91.6 Å². The highest BCUT2D eigenvalue weighted by molar-refractivity contribution is 6.12. The van der Waals surface area contributed by atoms with E-state index in [9.17, 15) is 19.2 Å². The molecule has 0 spiro atoms. The van der Waals surface area contributed by atoms with Crippen LogP contribution in [0.2, 0.25) is 0 Å². The number of benzene rings is 3. The number of hydrogen-bond acceptors (Lipinski definition) is 8. The fourth-order valence-electron chi connectivity index (χ4n) is 5.26. The number of allylic oxidation sites excluding steroid dienone is 1. The minimum Gasteiger partial charge on any atom is -0.460 e. The predicted molar refractivity (Wildman–Crippen MR) is 194 cm³/mol. The van der Waals surface area contributed by atoms with Crippen LogP contribution < -0.4 is 10.6 Å². The molecule has 10 nitrogen and oxygen atoms in total. The maximum Gasteiger partial charge on any atom is 0.407 e. The highest BCUT2D eigenvalue weighted by Crippen LogP contribution is 2.25.